The molecule has 8 bridgehead atoms. The molecule has 0 aromatic heterocycles. The fourth-order valence-electron chi connectivity index (χ4n) is 7.77. The summed E-state index contributed by atoms with van der Waals surface area (Å²) in [5.74, 6) is 6.59. The van der Waals surface area contributed by atoms with Crippen molar-refractivity contribution in [1.82, 2.24) is 0 Å². The molecule has 0 spiro atoms. The maximum Gasteiger partial charge on any atom is 0.297 e. The van der Waals surface area contributed by atoms with E-state index >= 15 is 0 Å². The second kappa shape index (κ2) is 4.23. The number of rotatable bonds is 3. The molecule has 0 heterocycles. The van der Waals surface area contributed by atoms with E-state index in [0.29, 0.717) is 5.92 Å². The monoisotopic (exact) mass is 394 g/mol. The number of benzene rings is 1. The second-order valence-electron chi connectivity index (χ2n) is 8.23. The molecule has 0 radical (unpaired) electrons. The van der Waals surface area contributed by atoms with Gasteiger partial charge in [-0.25, -0.2) is 0 Å². The highest BCUT2D eigenvalue weighted by Gasteiger charge is 2.79. The van der Waals surface area contributed by atoms with Gasteiger partial charge in [0.15, 0.2) is 0 Å². The Balaban J connectivity index is 1.29. The molecule has 3 nitrogen and oxygen atoms in total. The van der Waals surface area contributed by atoms with Crippen molar-refractivity contribution >= 4 is 26.0 Å². The molecule has 6 aliphatic rings. The molecular weight excluding hydrogens is 376 g/mol. The minimum absolute atomic E-state index is 0.0635. The van der Waals surface area contributed by atoms with Gasteiger partial charge in [0, 0.05) is 4.47 Å². The highest BCUT2D eigenvalue weighted by Crippen LogP contribution is 2.82. The molecule has 0 aliphatic heterocycles. The van der Waals surface area contributed by atoms with Crippen LogP contribution in [0.3, 0.4) is 0 Å². The van der Waals surface area contributed by atoms with Crippen molar-refractivity contribution in [3.05, 3.63) is 28.7 Å². The quantitative estimate of drug-likeness (QED) is 0.734. The van der Waals surface area contributed by atoms with Crippen LogP contribution in [0.5, 0.6) is 0 Å². The van der Waals surface area contributed by atoms with E-state index in [-0.39, 0.29) is 11.0 Å². The molecule has 0 unspecified atom stereocenters. The zero-order valence-electron chi connectivity index (χ0n) is 12.6. The SMILES string of the molecule is O=S(=O)(O[C@@H]1C[C@@H]2[C@@H]3[C@@H]4CC[C@@H]5[C@@H]4[C@@H]2[C@@H]1[C@@H]53)c1ccc(Br)cc1. The van der Waals surface area contributed by atoms with Crippen LogP contribution in [0, 0.1) is 47.3 Å². The standard InChI is InChI=1S/C18H19BrO3S/c19-8-1-3-9(4-2-8)23(20,21)22-13-7-12-15-10-5-6-11-14(10)17(12)18(13)16(11)15/h1-4,10-18H,5-7H2/t10-,11-,12-,13-,14-,15+,16+,17-,18+/m1/s1. The molecule has 5 heteroatoms. The second-order valence-corrected chi connectivity index (χ2v) is 10.7. The third kappa shape index (κ3) is 1.53. The Morgan fingerprint density at radius 3 is 2.22 bits per heavy atom. The Hall–Kier alpha value is -0.390. The molecule has 9 atom stereocenters. The zero-order valence-corrected chi connectivity index (χ0v) is 15.0. The lowest BCUT2D eigenvalue weighted by atomic mass is 9.70. The highest BCUT2D eigenvalue weighted by molar-refractivity contribution is 9.10. The van der Waals surface area contributed by atoms with Gasteiger partial charge in [-0.3, -0.25) is 4.18 Å². The van der Waals surface area contributed by atoms with Gasteiger partial charge in [-0.05, 0) is 90.9 Å². The third-order valence-corrected chi connectivity index (χ3v) is 9.74. The number of halogens is 1. The van der Waals surface area contributed by atoms with Crippen LogP contribution in [0.1, 0.15) is 19.3 Å². The summed E-state index contributed by atoms with van der Waals surface area (Å²) in [7, 11) is -3.64. The van der Waals surface area contributed by atoms with Crippen LogP contribution >= 0.6 is 15.9 Å². The van der Waals surface area contributed by atoms with Gasteiger partial charge in [0.2, 0.25) is 0 Å². The molecule has 0 N–H and O–H groups in total. The first kappa shape index (κ1) is 13.9. The predicted molar refractivity (Wildman–Crippen MR) is 88.0 cm³/mol. The van der Waals surface area contributed by atoms with Crippen LogP contribution in [0.15, 0.2) is 33.6 Å². The van der Waals surface area contributed by atoms with Crippen LogP contribution < -0.4 is 0 Å². The highest BCUT2D eigenvalue weighted by atomic mass is 79.9. The van der Waals surface area contributed by atoms with Crippen molar-refractivity contribution in [1.29, 1.82) is 0 Å². The summed E-state index contributed by atoms with van der Waals surface area (Å²) in [6.07, 6.45) is 3.75. The molecule has 1 aromatic rings. The fraction of sp³-hybridized carbons (Fsp3) is 0.667. The molecule has 6 aliphatic carbocycles. The van der Waals surface area contributed by atoms with Gasteiger partial charge < -0.3 is 0 Å². The first-order valence-electron chi connectivity index (χ1n) is 8.75. The van der Waals surface area contributed by atoms with Crippen LogP contribution in [0.4, 0.5) is 0 Å². The minimum Gasteiger partial charge on any atom is -0.263 e. The Labute approximate surface area is 145 Å². The van der Waals surface area contributed by atoms with Crippen molar-refractivity contribution in [2.75, 3.05) is 0 Å². The van der Waals surface area contributed by atoms with Crippen molar-refractivity contribution in [2.24, 2.45) is 47.3 Å². The van der Waals surface area contributed by atoms with Gasteiger partial charge >= 0.3 is 0 Å². The largest absolute Gasteiger partial charge is 0.297 e. The Kier molecular flexibility index (Phi) is 2.54. The lowest BCUT2D eigenvalue weighted by molar-refractivity contribution is 0.0471. The molecule has 0 amide bonds. The van der Waals surface area contributed by atoms with E-state index < -0.39 is 10.1 Å². The van der Waals surface area contributed by atoms with Crippen molar-refractivity contribution in [2.45, 2.75) is 30.3 Å². The molecule has 6 fully saturated rings. The van der Waals surface area contributed by atoms with Gasteiger partial charge in [-0.2, -0.15) is 8.42 Å². The predicted octanol–water partition coefficient (Wildman–Crippen LogP) is 3.69. The summed E-state index contributed by atoms with van der Waals surface area (Å²) in [6, 6.07) is 6.77. The first-order valence-corrected chi connectivity index (χ1v) is 11.0. The number of hydrogen-bond donors (Lipinski definition) is 0. The average molecular weight is 395 g/mol. The maximum absolute atomic E-state index is 12.6. The van der Waals surface area contributed by atoms with Crippen LogP contribution in [0.25, 0.3) is 0 Å². The third-order valence-electron chi connectivity index (χ3n) is 7.86. The van der Waals surface area contributed by atoms with Gasteiger partial charge in [0.05, 0.1) is 11.0 Å². The minimum atomic E-state index is -3.64. The Morgan fingerprint density at radius 2 is 1.48 bits per heavy atom. The van der Waals surface area contributed by atoms with Crippen molar-refractivity contribution in [3.63, 3.8) is 0 Å². The van der Waals surface area contributed by atoms with Gasteiger partial charge in [0.1, 0.15) is 0 Å². The average Bonchev–Trinajstić information content (AvgIpc) is 3.28. The van der Waals surface area contributed by atoms with E-state index in [2.05, 4.69) is 15.9 Å². The zero-order chi connectivity index (χ0) is 15.5. The van der Waals surface area contributed by atoms with E-state index in [1.54, 1.807) is 24.3 Å². The van der Waals surface area contributed by atoms with Crippen LogP contribution in [-0.4, -0.2) is 14.5 Å². The van der Waals surface area contributed by atoms with Gasteiger partial charge in [-0.15, -0.1) is 0 Å². The molecule has 6 saturated carbocycles. The van der Waals surface area contributed by atoms with Crippen LogP contribution in [-0.2, 0) is 14.3 Å². The van der Waals surface area contributed by atoms with E-state index in [0.717, 1.165) is 52.3 Å². The summed E-state index contributed by atoms with van der Waals surface area (Å²) in [4.78, 5) is 0.280. The number of hydrogen-bond acceptors (Lipinski definition) is 3. The summed E-state index contributed by atoms with van der Waals surface area (Å²) in [5, 5.41) is 0. The summed E-state index contributed by atoms with van der Waals surface area (Å²) in [6.45, 7) is 0. The lowest BCUT2D eigenvalue weighted by Gasteiger charge is -2.38. The van der Waals surface area contributed by atoms with Crippen LogP contribution in [0.2, 0.25) is 0 Å². The molecule has 0 saturated heterocycles. The summed E-state index contributed by atoms with van der Waals surface area (Å²) >= 11 is 3.35. The first-order chi connectivity index (χ1) is 11.1. The molecule has 7 rings (SSSR count). The summed E-state index contributed by atoms with van der Waals surface area (Å²) < 4.78 is 31.9. The van der Waals surface area contributed by atoms with E-state index in [1.165, 1.54) is 12.8 Å². The van der Waals surface area contributed by atoms with Crippen molar-refractivity contribution < 1.29 is 12.6 Å². The molecule has 1 aromatic carbocycles. The van der Waals surface area contributed by atoms with E-state index in [9.17, 15) is 8.42 Å². The normalized spacial score (nSPS) is 51.3. The summed E-state index contributed by atoms with van der Waals surface area (Å²) in [5.41, 5.74) is 0. The van der Waals surface area contributed by atoms with Gasteiger partial charge in [0.25, 0.3) is 10.1 Å². The van der Waals surface area contributed by atoms with Gasteiger partial charge in [-0.1, -0.05) is 15.9 Å². The molecule has 23 heavy (non-hydrogen) atoms. The Bertz CT molecular complexity index is 781. The lowest BCUT2D eigenvalue weighted by Crippen LogP contribution is -2.37. The maximum atomic E-state index is 12.6. The Morgan fingerprint density at radius 1 is 0.870 bits per heavy atom. The topological polar surface area (TPSA) is 43.4 Å². The molecule has 122 valence electrons. The van der Waals surface area contributed by atoms with E-state index in [1.807, 2.05) is 0 Å². The van der Waals surface area contributed by atoms with Crippen molar-refractivity contribution in [3.8, 4) is 0 Å². The van der Waals surface area contributed by atoms with E-state index in [4.69, 9.17) is 4.18 Å². The fourth-order valence-corrected chi connectivity index (χ4v) is 9.15. The smallest absolute Gasteiger partial charge is 0.263 e. The molecular formula is C18H19BrO3S.